The van der Waals surface area contributed by atoms with Crippen LogP contribution in [0.15, 0.2) is 11.3 Å². The van der Waals surface area contributed by atoms with Gasteiger partial charge in [-0.15, -0.1) is 0 Å². The molecule has 0 aromatic rings. The van der Waals surface area contributed by atoms with Crippen LogP contribution in [0.4, 0.5) is 0 Å². The lowest BCUT2D eigenvalue weighted by Gasteiger charge is -2.18. The highest BCUT2D eigenvalue weighted by Gasteiger charge is 2.29. The summed E-state index contributed by atoms with van der Waals surface area (Å²) in [5.41, 5.74) is 0. The fourth-order valence-electron chi connectivity index (χ4n) is 0.704. The van der Waals surface area contributed by atoms with Gasteiger partial charge in [0.25, 0.3) is 0 Å². The van der Waals surface area contributed by atoms with E-state index in [1.807, 2.05) is 6.55 Å². The maximum atomic E-state index is 4.93. The molecule has 6 nitrogen and oxygen atoms in total. The molecular formula is C9H24O6Si2. The van der Waals surface area contributed by atoms with E-state index in [1.54, 1.807) is 42.7 Å². The number of hydrogen-bond donors (Lipinski definition) is 0. The van der Waals surface area contributed by atoms with Gasteiger partial charge >= 0.3 is 14.7 Å². The van der Waals surface area contributed by atoms with Crippen molar-refractivity contribution < 1.29 is 27.5 Å². The molecule has 8 heteroatoms. The first-order valence-corrected chi connectivity index (χ1v) is 8.15. The molecule has 0 aromatic carbocycles. The van der Waals surface area contributed by atoms with E-state index in [0.717, 1.165) is 15.6 Å². The summed E-state index contributed by atoms with van der Waals surface area (Å²) in [6.07, 6.45) is 0. The maximum Gasteiger partial charge on any atom is 0.496 e. The first kappa shape index (κ1) is 18.8. The molecule has 0 atom stereocenters. The van der Waals surface area contributed by atoms with Crippen LogP contribution in [-0.2, 0) is 27.5 Å². The average molecular weight is 284 g/mol. The molecule has 0 aromatic heterocycles. The molecule has 0 spiro atoms. The monoisotopic (exact) mass is 284 g/mol. The molecule has 0 N–H and O–H groups in total. The Labute approximate surface area is 108 Å². The summed E-state index contributed by atoms with van der Waals surface area (Å²) in [5.74, 6) is 0.476. The van der Waals surface area contributed by atoms with Gasteiger partial charge < -0.3 is 27.5 Å². The number of methoxy groups -OCH3 is 3. The highest BCUT2D eigenvalue weighted by molar-refractivity contribution is 6.58. The van der Waals surface area contributed by atoms with Gasteiger partial charge in [0, 0.05) is 27.9 Å². The molecule has 0 unspecified atom stereocenters. The molecule has 0 bridgehead atoms. The summed E-state index contributed by atoms with van der Waals surface area (Å²) in [5, 5.41) is 0.778. The third kappa shape index (κ3) is 8.21. The minimum Gasteiger partial charge on any atom is -0.500 e. The quantitative estimate of drug-likeness (QED) is 0.502. The fourth-order valence-corrected chi connectivity index (χ4v) is 1.61. The third-order valence-electron chi connectivity index (χ3n) is 2.08. The fraction of sp³-hybridized carbons (Fsp3) is 0.778. The van der Waals surface area contributed by atoms with Crippen molar-refractivity contribution in [3.63, 3.8) is 0 Å². The number of hydrogen-bond acceptors (Lipinski definition) is 6. The summed E-state index contributed by atoms with van der Waals surface area (Å²) in [6, 6.07) is 0. The summed E-state index contributed by atoms with van der Waals surface area (Å²) < 4.78 is 29.3. The third-order valence-corrected chi connectivity index (χ3v) is 5.12. The topological polar surface area (TPSA) is 55.4 Å². The Morgan fingerprint density at radius 3 is 1.18 bits per heavy atom. The number of ether oxygens (including phenoxy) is 3. The van der Waals surface area contributed by atoms with Crippen LogP contribution in [0.3, 0.4) is 0 Å². The molecule has 104 valence electrons. The molecule has 0 saturated carbocycles. The largest absolute Gasteiger partial charge is 0.500 e. The van der Waals surface area contributed by atoms with Crippen LogP contribution >= 0.6 is 0 Å². The Morgan fingerprint density at radius 1 is 0.765 bits per heavy atom. The van der Waals surface area contributed by atoms with Crippen molar-refractivity contribution in [3.05, 3.63) is 11.3 Å². The van der Waals surface area contributed by atoms with Crippen LogP contribution in [0.2, 0.25) is 6.55 Å². The molecule has 0 saturated heterocycles. The second-order valence-electron chi connectivity index (χ2n) is 2.93. The molecule has 0 radical (unpaired) electrons. The van der Waals surface area contributed by atoms with Crippen LogP contribution in [0, 0.1) is 0 Å². The zero-order valence-corrected chi connectivity index (χ0v) is 14.9. The maximum absolute atomic E-state index is 4.93. The van der Waals surface area contributed by atoms with E-state index in [9.17, 15) is 0 Å². The minimum atomic E-state index is -2.17. The molecule has 0 heterocycles. The van der Waals surface area contributed by atoms with E-state index in [2.05, 4.69) is 0 Å². The molecule has 0 aliphatic carbocycles. The zero-order valence-electron chi connectivity index (χ0n) is 11.9. The van der Waals surface area contributed by atoms with Crippen molar-refractivity contribution in [2.45, 2.75) is 6.55 Å². The van der Waals surface area contributed by atoms with Crippen molar-refractivity contribution in [2.75, 3.05) is 42.7 Å². The van der Waals surface area contributed by atoms with Crippen molar-refractivity contribution in [1.82, 2.24) is 0 Å². The van der Waals surface area contributed by atoms with E-state index < -0.39 is 8.80 Å². The highest BCUT2D eigenvalue weighted by atomic mass is 28.4. The van der Waals surface area contributed by atoms with E-state index in [1.165, 1.54) is 0 Å². The van der Waals surface area contributed by atoms with Gasteiger partial charge in [-0.2, -0.15) is 0 Å². The Morgan fingerprint density at radius 2 is 1.12 bits per heavy atom. The van der Waals surface area contributed by atoms with E-state index in [0.29, 0.717) is 5.95 Å². The molecular weight excluding hydrogens is 260 g/mol. The Hall–Kier alpha value is -0.546. The van der Waals surface area contributed by atoms with Crippen LogP contribution < -0.4 is 0 Å². The van der Waals surface area contributed by atoms with Crippen LogP contribution in [0.5, 0.6) is 0 Å². The van der Waals surface area contributed by atoms with Crippen molar-refractivity contribution in [1.29, 1.82) is 0 Å². The highest BCUT2D eigenvalue weighted by Crippen LogP contribution is 2.02. The minimum absolute atomic E-state index is 0.476. The summed E-state index contributed by atoms with van der Waals surface area (Å²) in [4.78, 5) is 0. The van der Waals surface area contributed by atoms with Crippen LogP contribution in [-0.4, -0.2) is 61.7 Å². The second kappa shape index (κ2) is 10.6. The van der Waals surface area contributed by atoms with Crippen LogP contribution in [0.1, 0.15) is 0 Å². The Bertz CT molecular complexity index is 203. The lowest BCUT2D eigenvalue weighted by atomic mass is 10.9. The second-order valence-corrected chi connectivity index (χ2v) is 6.79. The first-order valence-electron chi connectivity index (χ1n) is 4.92. The molecule has 17 heavy (non-hydrogen) atoms. The summed E-state index contributed by atoms with van der Waals surface area (Å²) in [6.45, 7) is 1.83. The molecule has 0 aliphatic rings. The van der Waals surface area contributed by atoms with E-state index in [4.69, 9.17) is 27.5 Å². The average Bonchev–Trinajstić information content (AvgIpc) is 2.39. The number of rotatable bonds is 6. The van der Waals surface area contributed by atoms with Gasteiger partial charge in [0.1, 0.15) is 5.38 Å². The summed E-state index contributed by atoms with van der Waals surface area (Å²) >= 11 is 0. The standard InChI is InChI=1S/C5H12O3Si.C4H12O3Si/c1-6-4(7-2)5(9)8-3;1-5-8(4,6-2)7-3/h1-3,9H3;1-4H3. The van der Waals surface area contributed by atoms with Crippen molar-refractivity contribution >= 4 is 19.0 Å². The Kier molecular flexibility index (Phi) is 11.7. The molecule has 0 rings (SSSR count). The predicted molar refractivity (Wildman–Crippen MR) is 70.6 cm³/mol. The van der Waals surface area contributed by atoms with Gasteiger partial charge in [-0.3, -0.25) is 0 Å². The normalized spacial score (nSPS) is 10.1. The lowest BCUT2D eigenvalue weighted by Crippen LogP contribution is -2.38. The van der Waals surface area contributed by atoms with Crippen molar-refractivity contribution in [3.8, 4) is 0 Å². The lowest BCUT2D eigenvalue weighted by molar-refractivity contribution is 0.0758. The van der Waals surface area contributed by atoms with Gasteiger partial charge in [-0.25, -0.2) is 0 Å². The van der Waals surface area contributed by atoms with Gasteiger partial charge in [-0.05, 0) is 0 Å². The Balaban J connectivity index is 0. The van der Waals surface area contributed by atoms with Crippen molar-refractivity contribution in [2.24, 2.45) is 0 Å². The molecule has 0 amide bonds. The van der Waals surface area contributed by atoms with Crippen LogP contribution in [0.25, 0.3) is 0 Å². The van der Waals surface area contributed by atoms with Gasteiger partial charge in [-0.1, -0.05) is 0 Å². The van der Waals surface area contributed by atoms with E-state index >= 15 is 0 Å². The van der Waals surface area contributed by atoms with Gasteiger partial charge in [0.2, 0.25) is 0 Å². The van der Waals surface area contributed by atoms with Gasteiger partial charge in [0.15, 0.2) is 0 Å². The smallest absolute Gasteiger partial charge is 0.496 e. The van der Waals surface area contributed by atoms with Gasteiger partial charge in [0.05, 0.1) is 31.6 Å². The predicted octanol–water partition coefficient (Wildman–Crippen LogP) is -0.0881. The molecule has 0 aliphatic heterocycles. The van der Waals surface area contributed by atoms with E-state index in [-0.39, 0.29) is 0 Å². The molecule has 0 fully saturated rings. The first-order chi connectivity index (χ1) is 7.94. The summed E-state index contributed by atoms with van der Waals surface area (Å²) in [7, 11) is 8.08. The SMILES string of the molecule is COC([SiH3])=C(OC)OC.CO[Si](C)(OC)OC. The zero-order chi connectivity index (χ0) is 13.9.